The Labute approximate surface area is 163 Å². The molecule has 2 aromatic carbocycles. The highest BCUT2D eigenvalue weighted by Gasteiger charge is 2.18. The van der Waals surface area contributed by atoms with Gasteiger partial charge in [0.1, 0.15) is 11.4 Å². The zero-order valence-corrected chi connectivity index (χ0v) is 16.4. The van der Waals surface area contributed by atoms with Crippen LogP contribution in [0.1, 0.15) is 44.9 Å². The van der Waals surface area contributed by atoms with Crippen LogP contribution in [-0.4, -0.2) is 11.6 Å². The molecule has 0 aliphatic heterocycles. The number of benzene rings is 2. The summed E-state index contributed by atoms with van der Waals surface area (Å²) in [4.78, 5) is 12.2. The van der Waals surface area contributed by atoms with E-state index in [-0.39, 0.29) is 18.0 Å². The largest absolute Gasteiger partial charge is 0.457 e. The van der Waals surface area contributed by atoms with Crippen molar-refractivity contribution >= 4 is 5.97 Å². The molecule has 0 heterocycles. The summed E-state index contributed by atoms with van der Waals surface area (Å²) in [5.41, 5.74) is 0.511. The van der Waals surface area contributed by atoms with Crippen molar-refractivity contribution < 1.29 is 22.7 Å². The average molecular weight is 391 g/mol. The SMILES string of the molecule is CC(N/C(=C\C(=O)OC(C)(C)C)Cc1cc(F)c(F)cc1F)c1ccccc1. The van der Waals surface area contributed by atoms with Gasteiger partial charge in [0, 0.05) is 30.3 Å². The highest BCUT2D eigenvalue weighted by molar-refractivity contribution is 5.83. The number of carbonyl (C=O) groups excluding carboxylic acids is 1. The molecule has 6 heteroatoms. The molecule has 2 aromatic rings. The minimum absolute atomic E-state index is 0.0681. The maximum atomic E-state index is 14.1. The van der Waals surface area contributed by atoms with Crippen LogP contribution in [0.5, 0.6) is 0 Å². The Bertz CT molecular complexity index is 858. The molecule has 1 N–H and O–H groups in total. The molecule has 3 nitrogen and oxygen atoms in total. The zero-order valence-electron chi connectivity index (χ0n) is 16.4. The third-order valence-electron chi connectivity index (χ3n) is 3.87. The lowest BCUT2D eigenvalue weighted by Gasteiger charge is -2.21. The van der Waals surface area contributed by atoms with Gasteiger partial charge in [-0.25, -0.2) is 18.0 Å². The van der Waals surface area contributed by atoms with Gasteiger partial charge in [-0.15, -0.1) is 0 Å². The second kappa shape index (κ2) is 8.95. The first-order valence-electron chi connectivity index (χ1n) is 8.93. The van der Waals surface area contributed by atoms with Crippen LogP contribution in [0.2, 0.25) is 0 Å². The molecule has 0 aliphatic rings. The zero-order chi connectivity index (χ0) is 20.9. The second-order valence-electron chi connectivity index (χ2n) is 7.51. The lowest BCUT2D eigenvalue weighted by atomic mass is 10.0. The fourth-order valence-electron chi connectivity index (χ4n) is 2.62. The lowest BCUT2D eigenvalue weighted by molar-refractivity contribution is -0.148. The summed E-state index contributed by atoms with van der Waals surface area (Å²) in [5, 5.41) is 3.14. The van der Waals surface area contributed by atoms with Gasteiger partial charge in [0.2, 0.25) is 0 Å². The summed E-state index contributed by atoms with van der Waals surface area (Å²) in [6.07, 6.45) is 1.09. The first kappa shape index (κ1) is 21.5. The van der Waals surface area contributed by atoms with Gasteiger partial charge in [-0.05, 0) is 44.9 Å². The Balaban J connectivity index is 2.30. The van der Waals surface area contributed by atoms with Crippen LogP contribution in [0.15, 0.2) is 54.2 Å². The Hall–Kier alpha value is -2.76. The van der Waals surface area contributed by atoms with Crippen LogP contribution in [0.4, 0.5) is 13.2 Å². The number of ether oxygens (including phenoxy) is 1. The average Bonchev–Trinajstić information content (AvgIpc) is 2.58. The summed E-state index contributed by atoms with van der Waals surface area (Å²) in [6.45, 7) is 7.06. The Morgan fingerprint density at radius 3 is 2.29 bits per heavy atom. The highest BCUT2D eigenvalue weighted by Crippen LogP contribution is 2.20. The Kier molecular flexibility index (Phi) is 6.89. The molecule has 0 spiro atoms. The first-order chi connectivity index (χ1) is 13.0. The highest BCUT2D eigenvalue weighted by atomic mass is 19.2. The Morgan fingerprint density at radius 2 is 1.68 bits per heavy atom. The molecule has 0 aliphatic carbocycles. The first-order valence-corrected chi connectivity index (χ1v) is 8.93. The molecule has 0 saturated heterocycles. The van der Waals surface area contributed by atoms with Crippen LogP contribution in [0.3, 0.4) is 0 Å². The van der Waals surface area contributed by atoms with Crippen LogP contribution >= 0.6 is 0 Å². The normalized spacial score (nSPS) is 13.2. The summed E-state index contributed by atoms with van der Waals surface area (Å²) in [6, 6.07) is 10.5. The minimum atomic E-state index is -1.26. The van der Waals surface area contributed by atoms with E-state index in [1.165, 1.54) is 6.08 Å². The standard InChI is InChI=1S/C22H24F3NO2/c1-14(15-8-6-5-7-9-15)26-17(12-21(27)28-22(2,3)4)10-16-11-19(24)20(25)13-18(16)23/h5-9,11-14,26H,10H2,1-4H3/b17-12-. The number of nitrogens with one attached hydrogen (secondary N) is 1. The van der Waals surface area contributed by atoms with E-state index in [1.54, 1.807) is 20.8 Å². The molecule has 0 amide bonds. The summed E-state index contributed by atoms with van der Waals surface area (Å²) < 4.78 is 46.1. The van der Waals surface area contributed by atoms with E-state index < -0.39 is 29.0 Å². The van der Waals surface area contributed by atoms with Crippen LogP contribution in [-0.2, 0) is 16.0 Å². The molecule has 150 valence electrons. The maximum Gasteiger partial charge on any atom is 0.333 e. The fraction of sp³-hybridized carbons (Fsp3) is 0.318. The number of rotatable bonds is 6. The fourth-order valence-corrected chi connectivity index (χ4v) is 2.62. The molecule has 0 fully saturated rings. The molecule has 28 heavy (non-hydrogen) atoms. The van der Waals surface area contributed by atoms with Gasteiger partial charge in [-0.3, -0.25) is 0 Å². The van der Waals surface area contributed by atoms with E-state index >= 15 is 0 Å². The molecular formula is C22H24F3NO2. The maximum absolute atomic E-state index is 14.1. The van der Waals surface area contributed by atoms with Crippen molar-refractivity contribution in [1.29, 1.82) is 0 Å². The quantitative estimate of drug-likeness (QED) is 0.417. The molecule has 2 rings (SSSR count). The number of allylic oxidation sites excluding steroid dienone is 1. The predicted molar refractivity (Wildman–Crippen MR) is 102 cm³/mol. The van der Waals surface area contributed by atoms with Crippen molar-refractivity contribution in [1.82, 2.24) is 5.32 Å². The van der Waals surface area contributed by atoms with E-state index in [0.717, 1.165) is 11.6 Å². The summed E-state index contributed by atoms with van der Waals surface area (Å²) in [7, 11) is 0. The van der Waals surface area contributed by atoms with E-state index in [4.69, 9.17) is 4.74 Å². The van der Waals surface area contributed by atoms with Gasteiger partial charge in [0.05, 0.1) is 0 Å². The summed E-state index contributed by atoms with van der Waals surface area (Å²) >= 11 is 0. The van der Waals surface area contributed by atoms with Crippen LogP contribution in [0.25, 0.3) is 0 Å². The molecule has 0 radical (unpaired) electrons. The van der Waals surface area contributed by atoms with Gasteiger partial charge in [0.25, 0.3) is 0 Å². The number of hydrogen-bond donors (Lipinski definition) is 1. The Morgan fingerprint density at radius 1 is 1.07 bits per heavy atom. The molecule has 0 bridgehead atoms. The van der Waals surface area contributed by atoms with Gasteiger partial charge < -0.3 is 10.1 Å². The van der Waals surface area contributed by atoms with E-state index in [9.17, 15) is 18.0 Å². The van der Waals surface area contributed by atoms with Crippen molar-refractivity contribution in [2.24, 2.45) is 0 Å². The number of halogens is 3. The minimum Gasteiger partial charge on any atom is -0.457 e. The van der Waals surface area contributed by atoms with Gasteiger partial charge in [-0.2, -0.15) is 0 Å². The van der Waals surface area contributed by atoms with Crippen molar-refractivity contribution in [2.45, 2.75) is 45.8 Å². The van der Waals surface area contributed by atoms with Gasteiger partial charge in [0.15, 0.2) is 11.6 Å². The van der Waals surface area contributed by atoms with Crippen molar-refractivity contribution in [3.63, 3.8) is 0 Å². The van der Waals surface area contributed by atoms with Crippen LogP contribution < -0.4 is 5.32 Å². The number of esters is 1. The van der Waals surface area contributed by atoms with E-state index in [0.29, 0.717) is 11.8 Å². The molecule has 1 atom stereocenters. The summed E-state index contributed by atoms with van der Waals surface area (Å²) in [5.74, 6) is -3.91. The topological polar surface area (TPSA) is 38.3 Å². The van der Waals surface area contributed by atoms with Gasteiger partial charge in [-0.1, -0.05) is 30.3 Å². The monoisotopic (exact) mass is 391 g/mol. The van der Waals surface area contributed by atoms with Crippen molar-refractivity contribution in [3.8, 4) is 0 Å². The second-order valence-corrected chi connectivity index (χ2v) is 7.51. The lowest BCUT2D eigenvalue weighted by Crippen LogP contribution is -2.25. The van der Waals surface area contributed by atoms with Gasteiger partial charge >= 0.3 is 5.97 Å². The molecule has 0 aromatic heterocycles. The molecule has 1 unspecified atom stereocenters. The number of carbonyl (C=O) groups is 1. The predicted octanol–water partition coefficient (Wildman–Crippen LogP) is 5.22. The van der Waals surface area contributed by atoms with E-state index in [2.05, 4.69) is 5.32 Å². The third kappa shape index (κ3) is 6.44. The number of hydrogen-bond acceptors (Lipinski definition) is 3. The van der Waals surface area contributed by atoms with Crippen molar-refractivity contribution in [3.05, 3.63) is 82.8 Å². The van der Waals surface area contributed by atoms with E-state index in [1.807, 2.05) is 37.3 Å². The van der Waals surface area contributed by atoms with Crippen molar-refractivity contribution in [2.75, 3.05) is 0 Å². The molecular weight excluding hydrogens is 367 g/mol. The molecule has 0 saturated carbocycles. The van der Waals surface area contributed by atoms with Crippen LogP contribution in [0, 0.1) is 17.5 Å². The third-order valence-corrected chi connectivity index (χ3v) is 3.87. The smallest absolute Gasteiger partial charge is 0.333 e.